The van der Waals surface area contributed by atoms with Gasteiger partial charge in [0.25, 0.3) is 0 Å². The second-order valence-electron chi connectivity index (χ2n) is 4.99. The van der Waals surface area contributed by atoms with Gasteiger partial charge in [0.05, 0.1) is 29.2 Å². The van der Waals surface area contributed by atoms with Gasteiger partial charge in [-0.2, -0.15) is 0 Å². The van der Waals surface area contributed by atoms with Crippen molar-refractivity contribution in [3.8, 4) is 5.69 Å². The van der Waals surface area contributed by atoms with Crippen molar-refractivity contribution >= 4 is 5.97 Å². The molecule has 2 aromatic rings. The van der Waals surface area contributed by atoms with E-state index >= 15 is 0 Å². The summed E-state index contributed by atoms with van der Waals surface area (Å²) in [4.78, 5) is 12.0. The lowest BCUT2D eigenvalue weighted by Gasteiger charge is -2.08. The maximum Gasteiger partial charge on any atom is 0.338 e. The van der Waals surface area contributed by atoms with Gasteiger partial charge in [0.2, 0.25) is 0 Å². The number of aromatic nitrogens is 3. The summed E-state index contributed by atoms with van der Waals surface area (Å²) >= 11 is 0. The van der Waals surface area contributed by atoms with Crippen molar-refractivity contribution in [1.82, 2.24) is 15.0 Å². The highest BCUT2D eigenvalue weighted by molar-refractivity contribution is 5.90. The second-order valence-corrected chi connectivity index (χ2v) is 4.99. The molecule has 0 atom stereocenters. The standard InChI is InChI=1S/C16H22N4O2/c1-3-5-9-22-16(21)12-7-6-8-13(10-12)20-15(4-2)14(11-17)18-19-20/h6-8,10H,3-5,9,11,17H2,1-2H3. The molecule has 0 fully saturated rings. The molecule has 0 aliphatic heterocycles. The number of benzene rings is 1. The molecule has 22 heavy (non-hydrogen) atoms. The summed E-state index contributed by atoms with van der Waals surface area (Å²) in [6.07, 6.45) is 2.63. The zero-order valence-corrected chi connectivity index (χ0v) is 13.1. The van der Waals surface area contributed by atoms with Crippen molar-refractivity contribution in [3.05, 3.63) is 41.2 Å². The van der Waals surface area contributed by atoms with Crippen molar-refractivity contribution < 1.29 is 9.53 Å². The Bertz CT molecular complexity index is 637. The van der Waals surface area contributed by atoms with Gasteiger partial charge in [-0.25, -0.2) is 9.48 Å². The van der Waals surface area contributed by atoms with E-state index in [1.54, 1.807) is 16.8 Å². The lowest BCUT2D eigenvalue weighted by atomic mass is 10.2. The Morgan fingerprint density at radius 2 is 2.18 bits per heavy atom. The number of hydrogen-bond acceptors (Lipinski definition) is 5. The first-order valence-electron chi connectivity index (χ1n) is 7.62. The number of unbranched alkanes of at least 4 members (excludes halogenated alkanes) is 1. The SMILES string of the molecule is CCCCOC(=O)c1cccc(-n2nnc(CN)c2CC)c1. The molecule has 0 amide bonds. The third-order valence-corrected chi connectivity index (χ3v) is 3.43. The lowest BCUT2D eigenvalue weighted by Crippen LogP contribution is -2.09. The Hall–Kier alpha value is -2.21. The Morgan fingerprint density at radius 3 is 2.86 bits per heavy atom. The van der Waals surface area contributed by atoms with Crippen LogP contribution in [-0.2, 0) is 17.7 Å². The highest BCUT2D eigenvalue weighted by Crippen LogP contribution is 2.16. The fourth-order valence-electron chi connectivity index (χ4n) is 2.21. The number of rotatable bonds is 7. The van der Waals surface area contributed by atoms with Crippen LogP contribution in [0.1, 0.15) is 48.4 Å². The molecule has 2 rings (SSSR count). The molecule has 0 spiro atoms. The molecular weight excluding hydrogens is 280 g/mol. The van der Waals surface area contributed by atoms with Gasteiger partial charge in [-0.15, -0.1) is 5.10 Å². The molecule has 118 valence electrons. The van der Waals surface area contributed by atoms with Crippen molar-refractivity contribution in [2.24, 2.45) is 5.73 Å². The molecule has 0 unspecified atom stereocenters. The summed E-state index contributed by atoms with van der Waals surface area (Å²) in [7, 11) is 0. The van der Waals surface area contributed by atoms with Crippen LogP contribution < -0.4 is 5.73 Å². The minimum Gasteiger partial charge on any atom is -0.462 e. The van der Waals surface area contributed by atoms with Crippen LogP contribution in [0.25, 0.3) is 5.69 Å². The Labute approximate surface area is 130 Å². The van der Waals surface area contributed by atoms with E-state index in [1.807, 2.05) is 19.1 Å². The first-order chi connectivity index (χ1) is 10.7. The molecule has 1 heterocycles. The smallest absolute Gasteiger partial charge is 0.338 e. The van der Waals surface area contributed by atoms with Crippen LogP contribution in [0.4, 0.5) is 0 Å². The molecule has 6 heteroatoms. The maximum atomic E-state index is 12.0. The van der Waals surface area contributed by atoms with Crippen molar-refractivity contribution in [3.63, 3.8) is 0 Å². The molecule has 2 N–H and O–H groups in total. The van der Waals surface area contributed by atoms with E-state index in [9.17, 15) is 4.79 Å². The largest absolute Gasteiger partial charge is 0.462 e. The third-order valence-electron chi connectivity index (χ3n) is 3.43. The molecule has 0 saturated heterocycles. The zero-order chi connectivity index (χ0) is 15.9. The molecular formula is C16H22N4O2. The predicted octanol–water partition coefficient (Wildman–Crippen LogP) is 2.25. The van der Waals surface area contributed by atoms with Gasteiger partial charge in [-0.05, 0) is 31.0 Å². The Balaban J connectivity index is 2.25. The molecule has 0 bridgehead atoms. The molecule has 6 nitrogen and oxygen atoms in total. The minimum atomic E-state index is -0.312. The topological polar surface area (TPSA) is 83.0 Å². The zero-order valence-electron chi connectivity index (χ0n) is 13.1. The summed E-state index contributed by atoms with van der Waals surface area (Å²) in [6.45, 7) is 4.88. The lowest BCUT2D eigenvalue weighted by molar-refractivity contribution is 0.0499. The number of nitrogens with zero attached hydrogens (tertiary/aromatic N) is 3. The van der Waals surface area contributed by atoms with Crippen LogP contribution in [0, 0.1) is 0 Å². The van der Waals surface area contributed by atoms with Crippen LogP contribution in [0.3, 0.4) is 0 Å². The summed E-state index contributed by atoms with van der Waals surface area (Å²) < 4.78 is 6.97. The number of nitrogens with two attached hydrogens (primary N) is 1. The van der Waals surface area contributed by atoms with Crippen molar-refractivity contribution in [1.29, 1.82) is 0 Å². The first-order valence-corrected chi connectivity index (χ1v) is 7.62. The van der Waals surface area contributed by atoms with E-state index in [0.717, 1.165) is 36.3 Å². The van der Waals surface area contributed by atoms with Crippen LogP contribution in [0.15, 0.2) is 24.3 Å². The number of esters is 1. The quantitative estimate of drug-likeness (QED) is 0.626. The van der Waals surface area contributed by atoms with E-state index in [-0.39, 0.29) is 5.97 Å². The van der Waals surface area contributed by atoms with Crippen LogP contribution >= 0.6 is 0 Å². The van der Waals surface area contributed by atoms with Gasteiger partial charge in [-0.1, -0.05) is 31.5 Å². The highest BCUT2D eigenvalue weighted by Gasteiger charge is 2.13. The van der Waals surface area contributed by atoms with Crippen LogP contribution in [0.5, 0.6) is 0 Å². The van der Waals surface area contributed by atoms with Gasteiger partial charge in [0, 0.05) is 6.54 Å². The van der Waals surface area contributed by atoms with Crippen molar-refractivity contribution in [2.45, 2.75) is 39.7 Å². The molecule has 1 aromatic heterocycles. The normalized spacial score (nSPS) is 10.7. The number of carbonyl (C=O) groups is 1. The van der Waals surface area contributed by atoms with Gasteiger partial charge in [-0.3, -0.25) is 0 Å². The van der Waals surface area contributed by atoms with E-state index in [0.29, 0.717) is 18.7 Å². The monoisotopic (exact) mass is 302 g/mol. The predicted molar refractivity (Wildman–Crippen MR) is 83.8 cm³/mol. The van der Waals surface area contributed by atoms with E-state index in [4.69, 9.17) is 10.5 Å². The average Bonchev–Trinajstić information content (AvgIpc) is 2.98. The highest BCUT2D eigenvalue weighted by atomic mass is 16.5. The molecule has 0 aliphatic rings. The summed E-state index contributed by atoms with van der Waals surface area (Å²) in [6, 6.07) is 7.21. The summed E-state index contributed by atoms with van der Waals surface area (Å²) in [5.41, 5.74) is 8.71. The number of carbonyl (C=O) groups excluding carboxylic acids is 1. The van der Waals surface area contributed by atoms with Gasteiger partial charge >= 0.3 is 5.97 Å². The first kappa shape index (κ1) is 16.2. The van der Waals surface area contributed by atoms with Crippen LogP contribution in [0.2, 0.25) is 0 Å². The summed E-state index contributed by atoms with van der Waals surface area (Å²) in [5, 5.41) is 8.23. The van der Waals surface area contributed by atoms with Gasteiger partial charge < -0.3 is 10.5 Å². The third kappa shape index (κ3) is 3.51. The molecule has 0 radical (unpaired) electrons. The second kappa shape index (κ2) is 7.70. The fourth-order valence-corrected chi connectivity index (χ4v) is 2.21. The summed E-state index contributed by atoms with van der Waals surface area (Å²) in [5.74, 6) is -0.312. The van der Waals surface area contributed by atoms with Crippen molar-refractivity contribution in [2.75, 3.05) is 6.61 Å². The van der Waals surface area contributed by atoms with E-state index in [1.165, 1.54) is 0 Å². The van der Waals surface area contributed by atoms with E-state index < -0.39 is 0 Å². The molecule has 1 aromatic carbocycles. The van der Waals surface area contributed by atoms with Gasteiger partial charge in [0.15, 0.2) is 0 Å². The molecule has 0 saturated carbocycles. The number of ether oxygens (including phenoxy) is 1. The van der Waals surface area contributed by atoms with Crippen LogP contribution in [-0.4, -0.2) is 27.6 Å². The number of hydrogen-bond donors (Lipinski definition) is 1. The minimum absolute atomic E-state index is 0.312. The van der Waals surface area contributed by atoms with Gasteiger partial charge in [0.1, 0.15) is 0 Å². The maximum absolute atomic E-state index is 12.0. The van der Waals surface area contributed by atoms with E-state index in [2.05, 4.69) is 17.2 Å². The fraction of sp³-hybridized carbons (Fsp3) is 0.438. The Morgan fingerprint density at radius 1 is 1.36 bits per heavy atom. The average molecular weight is 302 g/mol. The Kier molecular flexibility index (Phi) is 5.66. The molecule has 0 aliphatic carbocycles.